The first-order valence-corrected chi connectivity index (χ1v) is 9.71. The third-order valence-corrected chi connectivity index (χ3v) is 4.70. The molecule has 0 spiro atoms. The Morgan fingerprint density at radius 2 is 1.72 bits per heavy atom. The summed E-state index contributed by atoms with van der Waals surface area (Å²) < 4.78 is 3.50. The topological polar surface area (TPSA) is 64.7 Å². The van der Waals surface area contributed by atoms with Gasteiger partial charge in [-0.2, -0.15) is 10.2 Å². The van der Waals surface area contributed by atoms with Gasteiger partial charge in [0.2, 0.25) is 5.91 Å². The van der Waals surface area contributed by atoms with Crippen LogP contribution in [0.25, 0.3) is 16.9 Å². The molecule has 0 aliphatic heterocycles. The minimum atomic E-state index is -0.0527. The molecule has 0 fully saturated rings. The van der Waals surface area contributed by atoms with Gasteiger partial charge in [0.1, 0.15) is 0 Å². The molecule has 2 aromatic carbocycles. The molecule has 29 heavy (non-hydrogen) atoms. The summed E-state index contributed by atoms with van der Waals surface area (Å²) in [7, 11) is 0. The minimum Gasteiger partial charge on any atom is -0.352 e. The third kappa shape index (κ3) is 4.73. The van der Waals surface area contributed by atoms with E-state index in [0.29, 0.717) is 24.5 Å². The van der Waals surface area contributed by atoms with Crippen LogP contribution >= 0.6 is 11.6 Å². The standard InChI is InChI=1S/C22H20ClN5O/c23-19-14-25-27(16-19)12-11-21(29)24-13-18-15-28(20-9-5-2-6-10-20)26-22(18)17-7-3-1-4-8-17/h1-10,14-16H,11-13H2,(H,24,29). The van der Waals surface area contributed by atoms with Gasteiger partial charge in [0.05, 0.1) is 22.6 Å². The molecule has 0 atom stereocenters. The van der Waals surface area contributed by atoms with E-state index in [1.165, 1.54) is 0 Å². The van der Waals surface area contributed by atoms with E-state index in [-0.39, 0.29) is 5.91 Å². The highest BCUT2D eigenvalue weighted by molar-refractivity contribution is 6.30. The van der Waals surface area contributed by atoms with Gasteiger partial charge in [-0.25, -0.2) is 4.68 Å². The predicted octanol–water partition coefficient (Wildman–Crippen LogP) is 4.10. The quantitative estimate of drug-likeness (QED) is 0.503. The number of nitrogens with one attached hydrogen (secondary N) is 1. The van der Waals surface area contributed by atoms with Gasteiger partial charge < -0.3 is 5.32 Å². The van der Waals surface area contributed by atoms with Crippen molar-refractivity contribution in [3.05, 3.63) is 89.8 Å². The summed E-state index contributed by atoms with van der Waals surface area (Å²) in [6, 6.07) is 19.9. The van der Waals surface area contributed by atoms with E-state index in [2.05, 4.69) is 10.4 Å². The molecular weight excluding hydrogens is 386 g/mol. The Kier molecular flexibility index (Phi) is 5.72. The summed E-state index contributed by atoms with van der Waals surface area (Å²) in [6.07, 6.45) is 5.55. The summed E-state index contributed by atoms with van der Waals surface area (Å²) >= 11 is 5.85. The Morgan fingerprint density at radius 3 is 2.41 bits per heavy atom. The van der Waals surface area contributed by atoms with Crippen molar-refractivity contribution in [1.82, 2.24) is 24.9 Å². The second-order valence-electron chi connectivity index (χ2n) is 6.60. The molecule has 0 bridgehead atoms. The molecule has 4 rings (SSSR count). The van der Waals surface area contributed by atoms with Gasteiger partial charge in [-0.05, 0) is 12.1 Å². The van der Waals surface area contributed by atoms with Crippen LogP contribution in [0.4, 0.5) is 0 Å². The van der Waals surface area contributed by atoms with E-state index in [9.17, 15) is 4.79 Å². The first kappa shape index (κ1) is 19.0. The number of carbonyl (C=O) groups excluding carboxylic acids is 1. The highest BCUT2D eigenvalue weighted by atomic mass is 35.5. The maximum Gasteiger partial charge on any atom is 0.222 e. The van der Waals surface area contributed by atoms with Gasteiger partial charge in [0.25, 0.3) is 0 Å². The van der Waals surface area contributed by atoms with Crippen molar-refractivity contribution in [3.63, 3.8) is 0 Å². The fourth-order valence-electron chi connectivity index (χ4n) is 3.05. The molecule has 6 nitrogen and oxygen atoms in total. The van der Waals surface area contributed by atoms with Crippen molar-refractivity contribution in [2.45, 2.75) is 19.5 Å². The molecule has 0 unspecified atom stereocenters. The molecule has 1 amide bonds. The molecule has 0 saturated carbocycles. The summed E-state index contributed by atoms with van der Waals surface area (Å²) in [5, 5.41) is 12.4. The van der Waals surface area contributed by atoms with Crippen LogP contribution in [-0.4, -0.2) is 25.5 Å². The van der Waals surface area contributed by atoms with Gasteiger partial charge >= 0.3 is 0 Å². The lowest BCUT2D eigenvalue weighted by atomic mass is 10.1. The maximum absolute atomic E-state index is 12.3. The zero-order chi connectivity index (χ0) is 20.1. The SMILES string of the molecule is O=C(CCn1cc(Cl)cn1)NCc1cn(-c2ccccc2)nc1-c1ccccc1. The van der Waals surface area contributed by atoms with Crippen molar-refractivity contribution >= 4 is 17.5 Å². The Morgan fingerprint density at radius 1 is 1.00 bits per heavy atom. The summed E-state index contributed by atoms with van der Waals surface area (Å²) in [5.74, 6) is -0.0527. The molecular formula is C22H20ClN5O. The van der Waals surface area contributed by atoms with Crippen molar-refractivity contribution in [2.75, 3.05) is 0 Å². The van der Waals surface area contributed by atoms with Crippen molar-refractivity contribution in [3.8, 4) is 16.9 Å². The van der Waals surface area contributed by atoms with E-state index in [4.69, 9.17) is 16.7 Å². The number of hydrogen-bond acceptors (Lipinski definition) is 3. The predicted molar refractivity (Wildman–Crippen MR) is 113 cm³/mol. The van der Waals surface area contributed by atoms with Crippen LogP contribution in [0.3, 0.4) is 0 Å². The highest BCUT2D eigenvalue weighted by Gasteiger charge is 2.13. The number of aryl methyl sites for hydroxylation is 1. The number of halogens is 1. The van der Waals surface area contributed by atoms with Crippen molar-refractivity contribution in [1.29, 1.82) is 0 Å². The van der Waals surface area contributed by atoms with Crippen molar-refractivity contribution < 1.29 is 4.79 Å². The second-order valence-corrected chi connectivity index (χ2v) is 7.03. The molecule has 0 aliphatic rings. The first-order chi connectivity index (χ1) is 14.2. The minimum absolute atomic E-state index is 0.0527. The number of para-hydroxylation sites is 1. The third-order valence-electron chi connectivity index (χ3n) is 4.50. The number of benzene rings is 2. The van der Waals surface area contributed by atoms with Gasteiger partial charge in [-0.3, -0.25) is 9.48 Å². The largest absolute Gasteiger partial charge is 0.352 e. The summed E-state index contributed by atoms with van der Waals surface area (Å²) in [6.45, 7) is 0.878. The van der Waals surface area contributed by atoms with Crippen LogP contribution < -0.4 is 5.32 Å². The number of hydrogen-bond donors (Lipinski definition) is 1. The van der Waals surface area contributed by atoms with E-state index < -0.39 is 0 Å². The van der Waals surface area contributed by atoms with Crippen LogP contribution in [0.5, 0.6) is 0 Å². The number of amides is 1. The molecule has 2 heterocycles. The van der Waals surface area contributed by atoms with Gasteiger partial charge in [-0.1, -0.05) is 60.1 Å². The molecule has 7 heteroatoms. The smallest absolute Gasteiger partial charge is 0.222 e. The molecule has 0 saturated heterocycles. The van der Waals surface area contributed by atoms with Crippen LogP contribution in [0.1, 0.15) is 12.0 Å². The van der Waals surface area contributed by atoms with Crippen LogP contribution in [0, 0.1) is 0 Å². The molecule has 0 radical (unpaired) electrons. The summed E-state index contributed by atoms with van der Waals surface area (Å²) in [5.41, 5.74) is 3.79. The van der Waals surface area contributed by atoms with E-state index >= 15 is 0 Å². The Labute approximate surface area is 173 Å². The van der Waals surface area contributed by atoms with E-state index in [1.807, 2.05) is 71.5 Å². The van der Waals surface area contributed by atoms with Gasteiger partial charge in [0, 0.05) is 43.0 Å². The first-order valence-electron chi connectivity index (χ1n) is 9.33. The van der Waals surface area contributed by atoms with Crippen molar-refractivity contribution in [2.24, 2.45) is 0 Å². The maximum atomic E-state index is 12.3. The summed E-state index contributed by atoms with van der Waals surface area (Å²) in [4.78, 5) is 12.3. The number of aromatic nitrogens is 4. The molecule has 2 aromatic heterocycles. The zero-order valence-electron chi connectivity index (χ0n) is 15.7. The number of carbonyl (C=O) groups is 1. The van der Waals surface area contributed by atoms with Gasteiger partial charge in [-0.15, -0.1) is 0 Å². The fraction of sp³-hybridized carbons (Fsp3) is 0.136. The average molecular weight is 406 g/mol. The van der Waals surface area contributed by atoms with Crippen LogP contribution in [-0.2, 0) is 17.9 Å². The lowest BCUT2D eigenvalue weighted by Gasteiger charge is -2.06. The zero-order valence-corrected chi connectivity index (χ0v) is 16.5. The Bertz CT molecular complexity index is 1090. The molecule has 146 valence electrons. The van der Waals surface area contributed by atoms with E-state index in [0.717, 1.165) is 22.5 Å². The number of nitrogens with zero attached hydrogens (tertiary/aromatic N) is 4. The molecule has 4 aromatic rings. The Balaban J connectivity index is 1.49. The Hall–Kier alpha value is -3.38. The monoisotopic (exact) mass is 405 g/mol. The van der Waals surface area contributed by atoms with Gasteiger partial charge in [0.15, 0.2) is 0 Å². The fourth-order valence-corrected chi connectivity index (χ4v) is 3.21. The molecule has 0 aliphatic carbocycles. The molecule has 1 N–H and O–H groups in total. The highest BCUT2D eigenvalue weighted by Crippen LogP contribution is 2.23. The van der Waals surface area contributed by atoms with Crippen LogP contribution in [0.15, 0.2) is 79.3 Å². The second kappa shape index (κ2) is 8.75. The lowest BCUT2D eigenvalue weighted by Crippen LogP contribution is -2.24. The normalized spacial score (nSPS) is 10.8. The van der Waals surface area contributed by atoms with E-state index in [1.54, 1.807) is 17.1 Å². The average Bonchev–Trinajstić information content (AvgIpc) is 3.38. The van der Waals surface area contributed by atoms with Crippen LogP contribution in [0.2, 0.25) is 5.02 Å². The lowest BCUT2D eigenvalue weighted by molar-refractivity contribution is -0.121. The number of rotatable bonds is 7.